The van der Waals surface area contributed by atoms with Gasteiger partial charge in [-0.05, 0) is 31.2 Å². The third-order valence-electron chi connectivity index (χ3n) is 2.94. The van der Waals surface area contributed by atoms with Crippen LogP contribution in [0.15, 0.2) is 0 Å². The molecule has 0 aromatic heterocycles. The van der Waals surface area contributed by atoms with Crippen LogP contribution in [0.4, 0.5) is 0 Å². The zero-order chi connectivity index (χ0) is 13.5. The predicted molar refractivity (Wildman–Crippen MR) is 75.1 cm³/mol. The molecule has 3 nitrogen and oxygen atoms in total. The Morgan fingerprint density at radius 1 is 1.18 bits per heavy atom. The lowest BCUT2D eigenvalue weighted by Crippen LogP contribution is -2.40. The average molecular weight is 263 g/mol. The van der Waals surface area contributed by atoms with Gasteiger partial charge in [0.25, 0.3) is 0 Å². The molecule has 0 aliphatic rings. The molecule has 4 heteroatoms. The molecule has 0 aliphatic heterocycles. The zero-order valence-electron chi connectivity index (χ0n) is 12.0. The molecule has 1 unspecified atom stereocenters. The molecular formula is C13H29NO2S. The SMILES string of the molecule is CCCNC(CCCCS(C)(=O)=O)C(C)(C)C. The van der Waals surface area contributed by atoms with E-state index in [9.17, 15) is 8.42 Å². The lowest BCUT2D eigenvalue weighted by Gasteiger charge is -2.31. The predicted octanol–water partition coefficient (Wildman–Crippen LogP) is 2.62. The first-order valence-electron chi connectivity index (χ1n) is 6.58. The van der Waals surface area contributed by atoms with Crippen LogP contribution in [0.1, 0.15) is 53.4 Å². The first-order chi connectivity index (χ1) is 7.67. The molecular weight excluding hydrogens is 234 g/mol. The molecule has 1 N–H and O–H groups in total. The quantitative estimate of drug-likeness (QED) is 0.685. The molecule has 0 fully saturated rings. The van der Waals surface area contributed by atoms with Crippen LogP contribution in [0.3, 0.4) is 0 Å². The second-order valence-electron chi connectivity index (χ2n) is 6.00. The van der Waals surface area contributed by atoms with E-state index in [1.54, 1.807) is 0 Å². The molecule has 0 rings (SSSR count). The van der Waals surface area contributed by atoms with Crippen LogP contribution in [-0.4, -0.2) is 33.0 Å². The fraction of sp³-hybridized carbons (Fsp3) is 1.00. The molecule has 0 spiro atoms. The van der Waals surface area contributed by atoms with E-state index >= 15 is 0 Å². The third kappa shape index (κ3) is 9.60. The van der Waals surface area contributed by atoms with Crippen LogP contribution in [-0.2, 0) is 9.84 Å². The summed E-state index contributed by atoms with van der Waals surface area (Å²) in [5, 5.41) is 3.56. The van der Waals surface area contributed by atoms with Crippen LogP contribution in [0.2, 0.25) is 0 Å². The van der Waals surface area contributed by atoms with Gasteiger partial charge in [-0.15, -0.1) is 0 Å². The minimum Gasteiger partial charge on any atom is -0.313 e. The van der Waals surface area contributed by atoms with E-state index in [1.807, 2.05) is 0 Å². The normalized spacial score (nSPS) is 14.9. The Kier molecular flexibility index (Phi) is 7.33. The highest BCUT2D eigenvalue weighted by Crippen LogP contribution is 2.23. The van der Waals surface area contributed by atoms with Gasteiger partial charge in [-0.25, -0.2) is 8.42 Å². The van der Waals surface area contributed by atoms with Gasteiger partial charge in [-0.1, -0.05) is 34.1 Å². The van der Waals surface area contributed by atoms with Gasteiger partial charge in [0.2, 0.25) is 0 Å². The Balaban J connectivity index is 4.01. The Hall–Kier alpha value is -0.0900. The zero-order valence-corrected chi connectivity index (χ0v) is 12.9. The van der Waals surface area contributed by atoms with Crippen molar-refractivity contribution in [3.8, 4) is 0 Å². The maximum absolute atomic E-state index is 11.0. The van der Waals surface area contributed by atoms with E-state index in [0.29, 0.717) is 11.8 Å². The molecule has 0 aliphatic carbocycles. The fourth-order valence-corrected chi connectivity index (χ4v) is 2.60. The minimum absolute atomic E-state index is 0.236. The number of nitrogens with one attached hydrogen (secondary N) is 1. The van der Waals surface area contributed by atoms with Gasteiger partial charge in [0.15, 0.2) is 0 Å². The molecule has 0 amide bonds. The Bertz CT molecular complexity index is 291. The molecule has 0 heterocycles. The summed E-state index contributed by atoms with van der Waals surface area (Å²) in [7, 11) is -2.79. The van der Waals surface area contributed by atoms with Crippen molar-refractivity contribution in [3.63, 3.8) is 0 Å². The van der Waals surface area contributed by atoms with Crippen molar-refractivity contribution in [3.05, 3.63) is 0 Å². The van der Waals surface area contributed by atoms with E-state index in [0.717, 1.165) is 32.2 Å². The highest BCUT2D eigenvalue weighted by atomic mass is 32.2. The van der Waals surface area contributed by atoms with Gasteiger partial charge in [0.05, 0.1) is 0 Å². The summed E-state index contributed by atoms with van der Waals surface area (Å²) < 4.78 is 22.1. The van der Waals surface area contributed by atoms with Gasteiger partial charge < -0.3 is 5.32 Å². The van der Waals surface area contributed by atoms with Gasteiger partial charge in [0, 0.05) is 18.1 Å². The summed E-state index contributed by atoms with van der Waals surface area (Å²) in [6.07, 6.45) is 5.25. The summed E-state index contributed by atoms with van der Waals surface area (Å²) in [5.74, 6) is 0.317. The Labute approximate surface area is 107 Å². The molecule has 0 aromatic rings. The lowest BCUT2D eigenvalue weighted by molar-refractivity contribution is 0.251. The lowest BCUT2D eigenvalue weighted by atomic mass is 9.83. The van der Waals surface area contributed by atoms with E-state index in [1.165, 1.54) is 6.26 Å². The monoisotopic (exact) mass is 263 g/mol. The fourth-order valence-electron chi connectivity index (χ4n) is 1.87. The standard InChI is InChI=1S/C13H29NO2S/c1-6-10-14-12(13(2,3)4)9-7-8-11-17(5,15)16/h12,14H,6-11H2,1-5H3. The summed E-state index contributed by atoms with van der Waals surface area (Å²) in [5.41, 5.74) is 0.236. The van der Waals surface area contributed by atoms with Crippen molar-refractivity contribution in [2.24, 2.45) is 5.41 Å². The van der Waals surface area contributed by atoms with Crippen LogP contribution < -0.4 is 5.32 Å². The first kappa shape index (κ1) is 16.9. The number of rotatable bonds is 8. The largest absolute Gasteiger partial charge is 0.313 e. The van der Waals surface area contributed by atoms with Crippen molar-refractivity contribution < 1.29 is 8.42 Å². The Morgan fingerprint density at radius 3 is 2.18 bits per heavy atom. The van der Waals surface area contributed by atoms with E-state index in [4.69, 9.17) is 0 Å². The minimum atomic E-state index is -2.79. The second-order valence-corrected chi connectivity index (χ2v) is 8.26. The third-order valence-corrected chi connectivity index (χ3v) is 3.97. The number of unbranched alkanes of at least 4 members (excludes halogenated alkanes) is 1. The molecule has 1 atom stereocenters. The summed E-state index contributed by atoms with van der Waals surface area (Å²) in [6.45, 7) is 9.90. The molecule has 104 valence electrons. The maximum atomic E-state index is 11.0. The molecule has 17 heavy (non-hydrogen) atoms. The van der Waals surface area contributed by atoms with Crippen LogP contribution in [0, 0.1) is 5.41 Å². The summed E-state index contributed by atoms with van der Waals surface area (Å²) >= 11 is 0. The number of hydrogen-bond donors (Lipinski definition) is 1. The van der Waals surface area contributed by atoms with Crippen molar-refractivity contribution in [1.29, 1.82) is 0 Å². The van der Waals surface area contributed by atoms with E-state index in [2.05, 4.69) is 33.0 Å². The van der Waals surface area contributed by atoms with Crippen molar-refractivity contribution >= 4 is 9.84 Å². The van der Waals surface area contributed by atoms with Crippen LogP contribution in [0.25, 0.3) is 0 Å². The molecule has 0 saturated heterocycles. The van der Waals surface area contributed by atoms with E-state index < -0.39 is 9.84 Å². The van der Waals surface area contributed by atoms with Crippen LogP contribution >= 0.6 is 0 Å². The molecule has 0 aromatic carbocycles. The van der Waals surface area contributed by atoms with Gasteiger partial charge in [-0.3, -0.25) is 0 Å². The first-order valence-corrected chi connectivity index (χ1v) is 8.64. The van der Waals surface area contributed by atoms with Crippen LogP contribution in [0.5, 0.6) is 0 Å². The number of hydrogen-bond acceptors (Lipinski definition) is 3. The second kappa shape index (κ2) is 7.37. The van der Waals surface area contributed by atoms with Gasteiger partial charge >= 0.3 is 0 Å². The van der Waals surface area contributed by atoms with Crippen molar-refractivity contribution in [1.82, 2.24) is 5.32 Å². The molecule has 0 saturated carbocycles. The highest BCUT2D eigenvalue weighted by Gasteiger charge is 2.23. The van der Waals surface area contributed by atoms with Gasteiger partial charge in [0.1, 0.15) is 9.84 Å². The smallest absolute Gasteiger partial charge is 0.147 e. The van der Waals surface area contributed by atoms with Crippen molar-refractivity contribution in [2.45, 2.75) is 59.4 Å². The highest BCUT2D eigenvalue weighted by molar-refractivity contribution is 7.90. The maximum Gasteiger partial charge on any atom is 0.147 e. The summed E-state index contributed by atoms with van der Waals surface area (Å²) in [6, 6.07) is 0.474. The van der Waals surface area contributed by atoms with E-state index in [-0.39, 0.29) is 5.41 Å². The topological polar surface area (TPSA) is 46.2 Å². The van der Waals surface area contributed by atoms with Crippen molar-refractivity contribution in [2.75, 3.05) is 18.6 Å². The summed E-state index contributed by atoms with van der Waals surface area (Å²) in [4.78, 5) is 0. The molecule has 0 bridgehead atoms. The Morgan fingerprint density at radius 2 is 1.76 bits per heavy atom. The number of sulfone groups is 1. The average Bonchev–Trinajstić information content (AvgIpc) is 2.13. The van der Waals surface area contributed by atoms with Gasteiger partial charge in [-0.2, -0.15) is 0 Å². The molecule has 0 radical (unpaired) electrons.